The standard InChI is InChI=1S/C22H19N3O5/c26-21(19-10-11-20(30-19)25(28)29)23-18-9-5-4-8-17(18)22(27)24-13-12-16(14-24)15-6-2-1-3-7-15/h1-11,16H,12-14H2,(H,23,26). The highest BCUT2D eigenvalue weighted by Crippen LogP contribution is 2.29. The smallest absolute Gasteiger partial charge is 0.395 e. The molecule has 1 N–H and O–H groups in total. The highest BCUT2D eigenvalue weighted by atomic mass is 16.6. The second kappa shape index (κ2) is 8.20. The Morgan fingerprint density at radius 1 is 1.03 bits per heavy atom. The maximum atomic E-state index is 13.1. The molecule has 1 saturated heterocycles. The van der Waals surface area contributed by atoms with E-state index >= 15 is 0 Å². The lowest BCUT2D eigenvalue weighted by molar-refractivity contribution is -0.402. The van der Waals surface area contributed by atoms with Crippen LogP contribution in [0.3, 0.4) is 0 Å². The largest absolute Gasteiger partial charge is 0.433 e. The molecule has 152 valence electrons. The molecule has 1 aliphatic heterocycles. The summed E-state index contributed by atoms with van der Waals surface area (Å²) in [4.78, 5) is 37.4. The molecular formula is C22H19N3O5. The second-order valence-electron chi connectivity index (χ2n) is 7.04. The number of benzene rings is 2. The number of para-hydroxylation sites is 1. The minimum atomic E-state index is -0.717. The highest BCUT2D eigenvalue weighted by Gasteiger charge is 2.29. The van der Waals surface area contributed by atoms with E-state index in [1.165, 1.54) is 11.6 Å². The predicted molar refractivity (Wildman–Crippen MR) is 109 cm³/mol. The van der Waals surface area contributed by atoms with Gasteiger partial charge in [-0.25, -0.2) is 0 Å². The number of carbonyl (C=O) groups is 2. The Morgan fingerprint density at radius 2 is 1.77 bits per heavy atom. The highest BCUT2D eigenvalue weighted by molar-refractivity contribution is 6.08. The number of nitrogens with zero attached hydrogens (tertiary/aromatic N) is 2. The van der Waals surface area contributed by atoms with Crippen LogP contribution in [0, 0.1) is 10.1 Å². The molecule has 2 aromatic carbocycles. The third-order valence-corrected chi connectivity index (χ3v) is 5.15. The molecule has 3 aromatic rings. The summed E-state index contributed by atoms with van der Waals surface area (Å²) < 4.78 is 4.94. The van der Waals surface area contributed by atoms with E-state index in [1.54, 1.807) is 29.2 Å². The van der Waals surface area contributed by atoms with E-state index in [-0.39, 0.29) is 17.6 Å². The maximum Gasteiger partial charge on any atom is 0.433 e. The summed E-state index contributed by atoms with van der Waals surface area (Å²) >= 11 is 0. The first kappa shape index (κ1) is 19.4. The molecule has 1 aliphatic rings. The summed E-state index contributed by atoms with van der Waals surface area (Å²) in [5.41, 5.74) is 1.89. The molecule has 0 radical (unpaired) electrons. The molecule has 0 bridgehead atoms. The van der Waals surface area contributed by atoms with Gasteiger partial charge in [-0.15, -0.1) is 0 Å². The van der Waals surface area contributed by atoms with Crippen LogP contribution in [0.25, 0.3) is 0 Å². The SMILES string of the molecule is O=C(Nc1ccccc1C(=O)N1CCC(c2ccccc2)C1)c1ccc([N+](=O)[O-])o1. The van der Waals surface area contributed by atoms with E-state index in [0.717, 1.165) is 12.5 Å². The van der Waals surface area contributed by atoms with Gasteiger partial charge in [0.25, 0.3) is 11.8 Å². The van der Waals surface area contributed by atoms with Crippen LogP contribution in [0.5, 0.6) is 0 Å². The molecule has 2 heterocycles. The Kier molecular flexibility index (Phi) is 5.30. The van der Waals surface area contributed by atoms with Gasteiger partial charge in [-0.2, -0.15) is 0 Å². The van der Waals surface area contributed by atoms with Crippen molar-refractivity contribution in [2.75, 3.05) is 18.4 Å². The van der Waals surface area contributed by atoms with Crippen LogP contribution < -0.4 is 5.32 Å². The normalized spacial score (nSPS) is 15.7. The van der Waals surface area contributed by atoms with Gasteiger partial charge in [0.2, 0.25) is 0 Å². The van der Waals surface area contributed by atoms with Crippen LogP contribution in [0.4, 0.5) is 11.6 Å². The van der Waals surface area contributed by atoms with Crippen molar-refractivity contribution in [1.82, 2.24) is 4.90 Å². The zero-order valence-electron chi connectivity index (χ0n) is 16.0. The van der Waals surface area contributed by atoms with Gasteiger partial charge in [0, 0.05) is 19.0 Å². The van der Waals surface area contributed by atoms with Crippen molar-refractivity contribution >= 4 is 23.4 Å². The van der Waals surface area contributed by atoms with Crippen LogP contribution in [-0.2, 0) is 0 Å². The topological polar surface area (TPSA) is 106 Å². The molecule has 8 heteroatoms. The molecule has 1 unspecified atom stereocenters. The van der Waals surface area contributed by atoms with Crippen LogP contribution in [-0.4, -0.2) is 34.7 Å². The zero-order chi connectivity index (χ0) is 21.1. The fourth-order valence-corrected chi connectivity index (χ4v) is 3.62. The Hall–Kier alpha value is -3.94. The number of carbonyl (C=O) groups excluding carboxylic acids is 2. The fourth-order valence-electron chi connectivity index (χ4n) is 3.62. The number of likely N-dealkylation sites (tertiary alicyclic amines) is 1. The summed E-state index contributed by atoms with van der Waals surface area (Å²) in [6.45, 7) is 1.24. The molecule has 1 atom stereocenters. The monoisotopic (exact) mass is 405 g/mol. The van der Waals surface area contributed by atoms with Gasteiger partial charge in [0.1, 0.15) is 4.92 Å². The van der Waals surface area contributed by atoms with Crippen LogP contribution in [0.1, 0.15) is 38.8 Å². The van der Waals surface area contributed by atoms with Crippen molar-refractivity contribution in [2.45, 2.75) is 12.3 Å². The summed E-state index contributed by atoms with van der Waals surface area (Å²) in [5, 5.41) is 13.4. The van der Waals surface area contributed by atoms with Gasteiger partial charge in [0.15, 0.2) is 5.76 Å². The lowest BCUT2D eigenvalue weighted by atomic mass is 9.99. The van der Waals surface area contributed by atoms with Crippen molar-refractivity contribution in [3.8, 4) is 0 Å². The summed E-state index contributed by atoms with van der Waals surface area (Å²) in [7, 11) is 0. The Labute approximate surface area is 172 Å². The van der Waals surface area contributed by atoms with E-state index in [0.29, 0.717) is 24.3 Å². The van der Waals surface area contributed by atoms with E-state index in [4.69, 9.17) is 4.42 Å². The molecule has 2 amide bonds. The Morgan fingerprint density at radius 3 is 2.50 bits per heavy atom. The first-order valence-electron chi connectivity index (χ1n) is 9.52. The number of nitro groups is 1. The number of rotatable bonds is 5. The van der Waals surface area contributed by atoms with Crippen LogP contribution >= 0.6 is 0 Å². The van der Waals surface area contributed by atoms with Crippen molar-refractivity contribution in [3.63, 3.8) is 0 Å². The molecule has 8 nitrogen and oxygen atoms in total. The predicted octanol–water partition coefficient (Wildman–Crippen LogP) is 4.07. The van der Waals surface area contributed by atoms with Gasteiger partial charge in [-0.1, -0.05) is 42.5 Å². The average Bonchev–Trinajstić information content (AvgIpc) is 3.45. The van der Waals surface area contributed by atoms with Crippen molar-refractivity contribution in [2.24, 2.45) is 0 Å². The Bertz CT molecular complexity index is 1090. The van der Waals surface area contributed by atoms with Crippen LogP contribution in [0.15, 0.2) is 71.1 Å². The van der Waals surface area contributed by atoms with Gasteiger partial charge in [0.05, 0.1) is 17.3 Å². The van der Waals surface area contributed by atoms with E-state index in [1.807, 2.05) is 18.2 Å². The van der Waals surface area contributed by atoms with Crippen LogP contribution in [0.2, 0.25) is 0 Å². The van der Waals surface area contributed by atoms with Gasteiger partial charge in [-0.3, -0.25) is 19.7 Å². The van der Waals surface area contributed by atoms with Gasteiger partial charge in [-0.05, 0) is 30.2 Å². The molecular weight excluding hydrogens is 386 g/mol. The lowest BCUT2D eigenvalue weighted by Gasteiger charge is -2.19. The number of anilines is 1. The number of hydrogen-bond acceptors (Lipinski definition) is 5. The van der Waals surface area contributed by atoms with E-state index in [9.17, 15) is 19.7 Å². The summed E-state index contributed by atoms with van der Waals surface area (Å²) in [5.74, 6) is -1.27. The van der Waals surface area contributed by atoms with E-state index < -0.39 is 16.7 Å². The third kappa shape index (κ3) is 3.93. The minimum Gasteiger partial charge on any atom is -0.395 e. The van der Waals surface area contributed by atoms with Gasteiger partial charge < -0.3 is 14.6 Å². The quantitative estimate of drug-likeness (QED) is 0.509. The molecule has 0 saturated carbocycles. The molecule has 1 aromatic heterocycles. The second-order valence-corrected chi connectivity index (χ2v) is 7.04. The third-order valence-electron chi connectivity index (χ3n) is 5.15. The van der Waals surface area contributed by atoms with E-state index in [2.05, 4.69) is 17.4 Å². The molecule has 0 spiro atoms. The average molecular weight is 405 g/mol. The number of furan rings is 1. The number of amides is 2. The summed E-state index contributed by atoms with van der Waals surface area (Å²) in [6, 6.07) is 19.1. The van der Waals surface area contributed by atoms with Crippen molar-refractivity contribution < 1.29 is 18.9 Å². The first-order chi connectivity index (χ1) is 14.5. The zero-order valence-corrected chi connectivity index (χ0v) is 16.0. The minimum absolute atomic E-state index is 0.172. The molecule has 4 rings (SSSR count). The summed E-state index contributed by atoms with van der Waals surface area (Å²) in [6.07, 6.45) is 0.875. The van der Waals surface area contributed by atoms with Crippen molar-refractivity contribution in [1.29, 1.82) is 0 Å². The number of nitrogens with one attached hydrogen (secondary N) is 1. The Balaban J connectivity index is 1.49. The molecule has 0 aliphatic carbocycles. The fraction of sp³-hybridized carbons (Fsp3) is 0.182. The lowest BCUT2D eigenvalue weighted by Crippen LogP contribution is -2.29. The molecule has 1 fully saturated rings. The first-order valence-corrected chi connectivity index (χ1v) is 9.52. The number of hydrogen-bond donors (Lipinski definition) is 1. The maximum absolute atomic E-state index is 13.1. The van der Waals surface area contributed by atoms with Gasteiger partial charge >= 0.3 is 5.88 Å². The van der Waals surface area contributed by atoms with Crippen molar-refractivity contribution in [3.05, 3.63) is 93.7 Å². The molecule has 30 heavy (non-hydrogen) atoms.